The molecule has 0 saturated heterocycles. The van der Waals surface area contributed by atoms with E-state index in [1.165, 1.54) is 24.3 Å². The molecule has 0 aliphatic heterocycles. The summed E-state index contributed by atoms with van der Waals surface area (Å²) in [7, 11) is -3.99. The number of carboxylic acid groups (broad SMARTS) is 1. The van der Waals surface area contributed by atoms with Crippen LogP contribution in [0.4, 0.5) is 5.69 Å². The fourth-order valence-electron chi connectivity index (χ4n) is 2.91. The van der Waals surface area contributed by atoms with Crippen LogP contribution in [0.15, 0.2) is 78.0 Å². The third-order valence-electron chi connectivity index (χ3n) is 4.43. The maximum Gasteiger partial charge on any atom is 0.335 e. The monoisotopic (exact) mass is 439 g/mol. The number of aromatic nitrogens is 2. The third kappa shape index (κ3) is 3.96. The van der Waals surface area contributed by atoms with Gasteiger partial charge in [-0.25, -0.2) is 18.2 Å². The summed E-state index contributed by atoms with van der Waals surface area (Å²) in [4.78, 5) is 19.2. The number of hydrogen-bond acceptors (Lipinski definition) is 5. The fraction of sp³-hybridized carbons (Fsp3) is 0. The molecule has 150 valence electrons. The number of nitrogens with one attached hydrogen (secondary N) is 1. The summed E-state index contributed by atoms with van der Waals surface area (Å²) < 4.78 is 27.8. The molecule has 0 amide bonds. The Morgan fingerprint density at radius 2 is 1.73 bits per heavy atom. The summed E-state index contributed by atoms with van der Waals surface area (Å²) >= 11 is 6.11. The van der Waals surface area contributed by atoms with Crippen molar-refractivity contribution in [3.8, 4) is 11.1 Å². The highest BCUT2D eigenvalue weighted by Crippen LogP contribution is 2.30. The molecule has 0 bridgehead atoms. The standard InChI is InChI=1S/C21H14ClN3O4S/c22-20-19(25-30(28,29)17-6-3-13(4-7-17)21(26)27)11-16(12-24-20)14-5-8-18-15(10-14)2-1-9-23-18/h1-12,25H,(H,26,27). The normalized spacial score (nSPS) is 11.4. The zero-order valence-electron chi connectivity index (χ0n) is 15.3. The van der Waals surface area contributed by atoms with Crippen LogP contribution >= 0.6 is 11.6 Å². The zero-order valence-corrected chi connectivity index (χ0v) is 16.9. The van der Waals surface area contributed by atoms with Gasteiger partial charge >= 0.3 is 5.97 Å². The Morgan fingerprint density at radius 1 is 0.967 bits per heavy atom. The minimum absolute atomic E-state index is 0.00747. The van der Waals surface area contributed by atoms with E-state index in [2.05, 4.69) is 14.7 Å². The first kappa shape index (κ1) is 19.8. The summed E-state index contributed by atoms with van der Waals surface area (Å²) in [6, 6.07) is 15.9. The maximum atomic E-state index is 12.7. The van der Waals surface area contributed by atoms with Gasteiger partial charge in [0.1, 0.15) is 0 Å². The van der Waals surface area contributed by atoms with Crippen LogP contribution in [0.2, 0.25) is 5.15 Å². The zero-order chi connectivity index (χ0) is 21.3. The molecule has 0 fully saturated rings. The first-order valence-electron chi connectivity index (χ1n) is 8.70. The minimum atomic E-state index is -3.99. The average Bonchev–Trinajstić information content (AvgIpc) is 2.75. The van der Waals surface area contributed by atoms with E-state index in [-0.39, 0.29) is 21.3 Å². The van der Waals surface area contributed by atoms with E-state index in [4.69, 9.17) is 16.7 Å². The van der Waals surface area contributed by atoms with Crippen LogP contribution in [0.3, 0.4) is 0 Å². The molecule has 0 aliphatic rings. The van der Waals surface area contributed by atoms with Gasteiger partial charge in [0, 0.05) is 23.3 Å². The van der Waals surface area contributed by atoms with Crippen LogP contribution in [0.5, 0.6) is 0 Å². The Hall–Kier alpha value is -3.49. The molecule has 0 unspecified atom stereocenters. The number of sulfonamides is 1. The van der Waals surface area contributed by atoms with Crippen LogP contribution in [0.25, 0.3) is 22.0 Å². The highest BCUT2D eigenvalue weighted by Gasteiger charge is 2.18. The quantitative estimate of drug-likeness (QED) is 0.444. The molecular weight excluding hydrogens is 426 g/mol. The molecule has 30 heavy (non-hydrogen) atoms. The Bertz CT molecular complexity index is 1370. The van der Waals surface area contributed by atoms with Crippen molar-refractivity contribution in [3.05, 3.63) is 83.8 Å². The number of anilines is 1. The van der Waals surface area contributed by atoms with Crippen LogP contribution < -0.4 is 4.72 Å². The summed E-state index contributed by atoms with van der Waals surface area (Å²) in [5, 5.41) is 9.89. The van der Waals surface area contributed by atoms with Gasteiger partial charge in [0.2, 0.25) is 0 Å². The van der Waals surface area contributed by atoms with Gasteiger partial charge in [-0.15, -0.1) is 0 Å². The van der Waals surface area contributed by atoms with Crippen LogP contribution in [0.1, 0.15) is 10.4 Å². The fourth-order valence-corrected chi connectivity index (χ4v) is 4.18. The maximum absolute atomic E-state index is 12.7. The number of carbonyl (C=O) groups is 1. The van der Waals surface area contributed by atoms with E-state index >= 15 is 0 Å². The molecule has 0 radical (unpaired) electrons. The lowest BCUT2D eigenvalue weighted by atomic mass is 10.0. The lowest BCUT2D eigenvalue weighted by Gasteiger charge is -2.11. The summed E-state index contributed by atoms with van der Waals surface area (Å²) in [5.41, 5.74) is 2.44. The van der Waals surface area contributed by atoms with E-state index < -0.39 is 16.0 Å². The van der Waals surface area contributed by atoms with Crippen molar-refractivity contribution in [2.45, 2.75) is 4.90 Å². The Morgan fingerprint density at radius 3 is 2.47 bits per heavy atom. The number of pyridine rings is 2. The van der Waals surface area contributed by atoms with Gasteiger partial charge in [-0.05, 0) is 54.1 Å². The van der Waals surface area contributed by atoms with Crippen LogP contribution in [-0.2, 0) is 10.0 Å². The number of nitrogens with zero attached hydrogens (tertiary/aromatic N) is 2. The van der Waals surface area contributed by atoms with Gasteiger partial charge in [0.15, 0.2) is 5.15 Å². The largest absolute Gasteiger partial charge is 0.478 e. The van der Waals surface area contributed by atoms with Gasteiger partial charge in [-0.1, -0.05) is 23.7 Å². The molecule has 7 nitrogen and oxygen atoms in total. The molecule has 4 rings (SSSR count). The predicted octanol–water partition coefficient (Wildman–Crippen LogP) is 4.45. The molecule has 2 N–H and O–H groups in total. The van der Waals surface area contributed by atoms with Crippen molar-refractivity contribution in [3.63, 3.8) is 0 Å². The smallest absolute Gasteiger partial charge is 0.335 e. The van der Waals surface area contributed by atoms with E-state index in [0.29, 0.717) is 5.56 Å². The molecule has 2 heterocycles. The molecular formula is C21H14ClN3O4S. The van der Waals surface area contributed by atoms with E-state index in [1.807, 2.05) is 30.3 Å². The first-order valence-corrected chi connectivity index (χ1v) is 10.6. The second kappa shape index (κ2) is 7.74. The van der Waals surface area contributed by atoms with Crippen molar-refractivity contribution in [2.24, 2.45) is 0 Å². The van der Waals surface area contributed by atoms with Crippen molar-refractivity contribution in [1.29, 1.82) is 0 Å². The highest BCUT2D eigenvalue weighted by atomic mass is 35.5. The predicted molar refractivity (Wildman–Crippen MR) is 114 cm³/mol. The second-order valence-corrected chi connectivity index (χ2v) is 8.45. The number of rotatable bonds is 5. The molecule has 9 heteroatoms. The van der Waals surface area contributed by atoms with Crippen molar-refractivity contribution in [2.75, 3.05) is 4.72 Å². The van der Waals surface area contributed by atoms with Crippen LogP contribution in [-0.4, -0.2) is 29.5 Å². The Balaban J connectivity index is 1.68. The molecule has 0 spiro atoms. The molecule has 0 saturated carbocycles. The SMILES string of the molecule is O=C(O)c1ccc(S(=O)(=O)Nc2cc(-c3ccc4ncccc4c3)cnc2Cl)cc1. The Labute approximate surface area is 177 Å². The molecule has 4 aromatic rings. The number of halogens is 1. The first-order chi connectivity index (χ1) is 14.3. The summed E-state index contributed by atoms with van der Waals surface area (Å²) in [6.45, 7) is 0. The number of aromatic carboxylic acids is 1. The van der Waals surface area contributed by atoms with Gasteiger partial charge < -0.3 is 5.11 Å². The van der Waals surface area contributed by atoms with Crippen molar-refractivity contribution < 1.29 is 18.3 Å². The Kier molecular flexibility index (Phi) is 5.11. The average molecular weight is 440 g/mol. The topological polar surface area (TPSA) is 109 Å². The minimum Gasteiger partial charge on any atom is -0.478 e. The second-order valence-electron chi connectivity index (χ2n) is 6.41. The molecule has 0 aliphatic carbocycles. The van der Waals surface area contributed by atoms with E-state index in [1.54, 1.807) is 18.5 Å². The van der Waals surface area contributed by atoms with Gasteiger partial charge in [-0.2, -0.15) is 0 Å². The molecule has 0 atom stereocenters. The van der Waals surface area contributed by atoms with Gasteiger partial charge in [0.25, 0.3) is 10.0 Å². The van der Waals surface area contributed by atoms with Gasteiger partial charge in [-0.3, -0.25) is 9.71 Å². The summed E-state index contributed by atoms with van der Waals surface area (Å²) in [6.07, 6.45) is 3.26. The van der Waals surface area contributed by atoms with E-state index in [9.17, 15) is 13.2 Å². The number of hydrogen-bond donors (Lipinski definition) is 2. The lowest BCUT2D eigenvalue weighted by Crippen LogP contribution is -2.14. The highest BCUT2D eigenvalue weighted by molar-refractivity contribution is 7.92. The van der Waals surface area contributed by atoms with E-state index in [0.717, 1.165) is 16.5 Å². The number of fused-ring (bicyclic) bond motifs is 1. The van der Waals surface area contributed by atoms with Crippen molar-refractivity contribution in [1.82, 2.24) is 9.97 Å². The number of benzene rings is 2. The third-order valence-corrected chi connectivity index (χ3v) is 6.11. The summed E-state index contributed by atoms with van der Waals surface area (Å²) in [5.74, 6) is -1.14. The number of carboxylic acids is 1. The molecule has 2 aromatic heterocycles. The lowest BCUT2D eigenvalue weighted by molar-refractivity contribution is 0.0696. The van der Waals surface area contributed by atoms with Crippen molar-refractivity contribution >= 4 is 44.2 Å². The van der Waals surface area contributed by atoms with Gasteiger partial charge in [0.05, 0.1) is 21.7 Å². The van der Waals surface area contributed by atoms with Crippen LogP contribution in [0, 0.1) is 0 Å². The molecule has 2 aromatic carbocycles.